The van der Waals surface area contributed by atoms with E-state index in [0.29, 0.717) is 50.1 Å². The maximum Gasteiger partial charge on any atom is 0.333 e. The van der Waals surface area contributed by atoms with Crippen LogP contribution in [0.5, 0.6) is 11.5 Å². The summed E-state index contributed by atoms with van der Waals surface area (Å²) < 4.78 is 24.3. The number of ether oxygens (including phenoxy) is 4. The summed E-state index contributed by atoms with van der Waals surface area (Å²) in [4.78, 5) is 24.4. The Morgan fingerprint density at radius 3 is 2.03 bits per heavy atom. The van der Waals surface area contributed by atoms with Crippen molar-refractivity contribution >= 4 is 45.4 Å². The Balaban J connectivity index is 0.984. The molecule has 1 N–H and O–H groups in total. The van der Waals surface area contributed by atoms with Crippen molar-refractivity contribution in [3.05, 3.63) is 90.5 Å². The van der Waals surface area contributed by atoms with Gasteiger partial charge in [0.2, 0.25) is 0 Å². The fourth-order valence-corrected chi connectivity index (χ4v) is 9.49. The monoisotopic (exact) mass is 800 g/mol. The van der Waals surface area contributed by atoms with Crippen LogP contribution in [0.1, 0.15) is 109 Å². The highest BCUT2D eigenvalue weighted by molar-refractivity contribution is 6.01. The standard InChI is InChI=1S/C51H64N2O6/c1-35(2)50(54)56-28-8-9-29-57-51(55)42-24-18-38(19-25-42)34-59-49-44(32-52-53-45-27-26-39-10-4-5-11-43(39)30-45)31-48(46-12-6-7-13-47(46)49)58-33-37-16-22-41(23-17-37)40-20-14-36(3)15-21-40/h4-7,10-13,26-27,30-32,36-38,40-42,53H,1,8-9,14-25,28-29,33-34H2,2-3H3/b52-32+. The molecule has 0 amide bonds. The van der Waals surface area contributed by atoms with E-state index in [-0.39, 0.29) is 17.9 Å². The highest BCUT2D eigenvalue weighted by Crippen LogP contribution is 2.42. The number of unbranched alkanes of at least 4 members (excludes halogenated alkanes) is 1. The van der Waals surface area contributed by atoms with E-state index in [0.717, 1.165) is 89.0 Å². The second-order valence-corrected chi connectivity index (χ2v) is 17.7. The van der Waals surface area contributed by atoms with Crippen LogP contribution in [0.4, 0.5) is 5.69 Å². The molecule has 4 aromatic carbocycles. The predicted octanol–water partition coefficient (Wildman–Crippen LogP) is 12.1. The second-order valence-electron chi connectivity index (χ2n) is 17.7. The number of carbonyl (C=O) groups excluding carboxylic acids is 2. The number of nitrogens with one attached hydrogen (secondary N) is 1. The summed E-state index contributed by atoms with van der Waals surface area (Å²) in [6.45, 7) is 9.55. The number of hydrogen-bond acceptors (Lipinski definition) is 8. The van der Waals surface area contributed by atoms with E-state index in [2.05, 4.69) is 79.6 Å². The third kappa shape index (κ3) is 11.7. The molecule has 0 radical (unpaired) electrons. The van der Waals surface area contributed by atoms with Crippen LogP contribution in [-0.2, 0) is 19.1 Å². The van der Waals surface area contributed by atoms with Gasteiger partial charge in [0, 0.05) is 21.9 Å². The van der Waals surface area contributed by atoms with Gasteiger partial charge >= 0.3 is 11.9 Å². The van der Waals surface area contributed by atoms with Gasteiger partial charge in [0.15, 0.2) is 0 Å². The smallest absolute Gasteiger partial charge is 0.333 e. The van der Waals surface area contributed by atoms with Gasteiger partial charge in [-0.15, -0.1) is 0 Å². The Labute approximate surface area is 351 Å². The molecule has 0 aliphatic heterocycles. The van der Waals surface area contributed by atoms with Crippen LogP contribution < -0.4 is 14.9 Å². The lowest BCUT2D eigenvalue weighted by atomic mass is 9.69. The van der Waals surface area contributed by atoms with Gasteiger partial charge in [0.05, 0.1) is 44.2 Å². The quantitative estimate of drug-likeness (QED) is 0.0373. The fraction of sp³-hybridized carbons (Fsp3) is 0.510. The molecule has 3 fully saturated rings. The average molecular weight is 801 g/mol. The van der Waals surface area contributed by atoms with Gasteiger partial charge in [-0.05, 0) is 143 Å². The number of hydrogen-bond donors (Lipinski definition) is 1. The van der Waals surface area contributed by atoms with Crippen LogP contribution in [0.3, 0.4) is 0 Å². The lowest BCUT2D eigenvalue weighted by molar-refractivity contribution is -0.150. The molecule has 3 saturated carbocycles. The summed E-state index contributed by atoms with van der Waals surface area (Å²) in [6.07, 6.45) is 17.3. The lowest BCUT2D eigenvalue weighted by Crippen LogP contribution is -2.27. The normalized spacial score (nSPS) is 23.5. The molecule has 0 bridgehead atoms. The minimum Gasteiger partial charge on any atom is -0.493 e. The highest BCUT2D eigenvalue weighted by atomic mass is 16.5. The van der Waals surface area contributed by atoms with Gasteiger partial charge in [-0.3, -0.25) is 10.2 Å². The molecule has 8 heteroatoms. The van der Waals surface area contributed by atoms with Crippen LogP contribution in [0, 0.1) is 35.5 Å². The van der Waals surface area contributed by atoms with Gasteiger partial charge in [0.1, 0.15) is 11.5 Å². The molecule has 314 valence electrons. The molecule has 0 spiro atoms. The molecule has 0 atom stereocenters. The van der Waals surface area contributed by atoms with Crippen molar-refractivity contribution < 1.29 is 28.5 Å². The van der Waals surface area contributed by atoms with Crippen molar-refractivity contribution in [2.24, 2.45) is 40.6 Å². The predicted molar refractivity (Wildman–Crippen MR) is 238 cm³/mol. The molecule has 0 saturated heterocycles. The zero-order valence-electron chi connectivity index (χ0n) is 35.3. The average Bonchev–Trinajstić information content (AvgIpc) is 3.26. The van der Waals surface area contributed by atoms with Gasteiger partial charge in [-0.2, -0.15) is 5.10 Å². The number of carbonyl (C=O) groups is 2. The van der Waals surface area contributed by atoms with Gasteiger partial charge in [0.25, 0.3) is 0 Å². The summed E-state index contributed by atoms with van der Waals surface area (Å²) in [7, 11) is 0. The van der Waals surface area contributed by atoms with Crippen LogP contribution in [0.15, 0.2) is 90.0 Å². The summed E-state index contributed by atoms with van der Waals surface area (Å²) in [6, 6.07) is 25.1. The van der Waals surface area contributed by atoms with Crippen LogP contribution >= 0.6 is 0 Å². The summed E-state index contributed by atoms with van der Waals surface area (Å²) in [5, 5.41) is 9.13. The number of benzene rings is 4. The number of fused-ring (bicyclic) bond motifs is 2. The first-order valence-corrected chi connectivity index (χ1v) is 22.4. The van der Waals surface area contributed by atoms with E-state index in [4.69, 9.17) is 24.0 Å². The minimum atomic E-state index is -0.387. The Hall–Kier alpha value is -4.85. The van der Waals surface area contributed by atoms with E-state index in [1.165, 1.54) is 56.8 Å². The maximum absolute atomic E-state index is 12.9. The number of nitrogens with zero attached hydrogens (tertiary/aromatic N) is 1. The van der Waals surface area contributed by atoms with Gasteiger partial charge in [-0.25, -0.2) is 4.79 Å². The van der Waals surface area contributed by atoms with E-state index < -0.39 is 0 Å². The molecule has 3 aliphatic rings. The largest absolute Gasteiger partial charge is 0.493 e. The van der Waals surface area contributed by atoms with Crippen molar-refractivity contribution in [2.45, 2.75) is 104 Å². The van der Waals surface area contributed by atoms with Crippen molar-refractivity contribution in [1.29, 1.82) is 0 Å². The summed E-state index contributed by atoms with van der Waals surface area (Å²) in [5.74, 6) is 4.67. The van der Waals surface area contributed by atoms with E-state index in [1.807, 2.05) is 18.3 Å². The Morgan fingerprint density at radius 2 is 1.32 bits per heavy atom. The molecule has 7 rings (SSSR count). The van der Waals surface area contributed by atoms with Gasteiger partial charge in [-0.1, -0.05) is 80.9 Å². The van der Waals surface area contributed by atoms with Crippen LogP contribution in [0.25, 0.3) is 21.5 Å². The molecule has 0 heterocycles. The molecular weight excluding hydrogens is 737 g/mol. The zero-order valence-corrected chi connectivity index (χ0v) is 35.3. The first-order chi connectivity index (χ1) is 28.8. The number of esters is 2. The third-order valence-corrected chi connectivity index (χ3v) is 13.2. The van der Waals surface area contributed by atoms with Crippen molar-refractivity contribution in [3.63, 3.8) is 0 Å². The number of anilines is 1. The first-order valence-electron chi connectivity index (χ1n) is 22.4. The Morgan fingerprint density at radius 1 is 0.712 bits per heavy atom. The van der Waals surface area contributed by atoms with Crippen molar-refractivity contribution in [1.82, 2.24) is 0 Å². The van der Waals surface area contributed by atoms with Crippen LogP contribution in [-0.4, -0.2) is 44.6 Å². The van der Waals surface area contributed by atoms with Crippen LogP contribution in [0.2, 0.25) is 0 Å². The molecule has 3 aliphatic carbocycles. The Bertz CT molecular complexity index is 2050. The SMILES string of the molecule is C=C(C)C(=O)OCCCCOC(=O)C1CCC(COc2c(/C=N/Nc3ccc4ccccc4c3)cc(OCC3CCC(C4CCC(C)CC4)CC3)c3ccccc23)CC1. The second kappa shape index (κ2) is 20.9. The summed E-state index contributed by atoms with van der Waals surface area (Å²) >= 11 is 0. The molecular formula is C51H64N2O6. The molecule has 8 nitrogen and oxygen atoms in total. The Kier molecular flexibility index (Phi) is 15.0. The molecule has 0 unspecified atom stereocenters. The maximum atomic E-state index is 12.9. The third-order valence-electron chi connectivity index (χ3n) is 13.2. The van der Waals surface area contributed by atoms with Crippen molar-refractivity contribution in [3.8, 4) is 11.5 Å². The number of rotatable bonds is 17. The van der Waals surface area contributed by atoms with Gasteiger partial charge < -0.3 is 18.9 Å². The summed E-state index contributed by atoms with van der Waals surface area (Å²) in [5.41, 5.74) is 5.42. The highest BCUT2D eigenvalue weighted by Gasteiger charge is 2.31. The fourth-order valence-electron chi connectivity index (χ4n) is 9.49. The number of hydrazone groups is 1. The minimum absolute atomic E-state index is 0.0974. The lowest BCUT2D eigenvalue weighted by Gasteiger charge is -2.37. The zero-order chi connectivity index (χ0) is 41.0. The molecule has 59 heavy (non-hydrogen) atoms. The topological polar surface area (TPSA) is 95.5 Å². The van der Waals surface area contributed by atoms with Crippen molar-refractivity contribution in [2.75, 3.05) is 31.9 Å². The molecule has 4 aromatic rings. The molecule has 0 aromatic heterocycles. The van der Waals surface area contributed by atoms with E-state index in [9.17, 15) is 9.59 Å². The van der Waals surface area contributed by atoms with E-state index in [1.54, 1.807) is 6.92 Å². The van der Waals surface area contributed by atoms with E-state index >= 15 is 0 Å². The first kappa shape index (κ1) is 42.3.